The first-order valence-electron chi connectivity index (χ1n) is 19.7. The van der Waals surface area contributed by atoms with Crippen molar-refractivity contribution < 1.29 is 28.8 Å². The van der Waals surface area contributed by atoms with E-state index in [0.717, 1.165) is 44.9 Å². The normalized spacial score (nSPS) is 28.0. The molecule has 5 fully saturated rings. The molecule has 12 nitrogen and oxygen atoms in total. The number of ketones is 1. The summed E-state index contributed by atoms with van der Waals surface area (Å²) in [5.74, 6) is -2.41. The number of nitrogens with one attached hydrogen (secondary N) is 3. The Morgan fingerprint density at radius 3 is 1.96 bits per heavy atom. The third-order valence-corrected chi connectivity index (χ3v) is 14.3. The molecule has 5 rings (SSSR count). The minimum absolute atomic E-state index is 0.0327. The van der Waals surface area contributed by atoms with E-state index in [0.29, 0.717) is 38.9 Å². The Kier molecular flexibility index (Phi) is 10.5. The Balaban J connectivity index is 1.37. The molecule has 3 aliphatic carbocycles. The lowest BCUT2D eigenvalue weighted by atomic mass is 9.73. The van der Waals surface area contributed by atoms with Crippen molar-refractivity contribution in [3.8, 4) is 0 Å². The number of fused-ring (bicyclic) bond motifs is 1. The summed E-state index contributed by atoms with van der Waals surface area (Å²) in [6, 6.07) is -3.79. The maximum Gasteiger partial charge on any atom is 0.315 e. The van der Waals surface area contributed by atoms with Gasteiger partial charge in [0.1, 0.15) is 12.1 Å². The maximum atomic E-state index is 14.9. The van der Waals surface area contributed by atoms with Gasteiger partial charge >= 0.3 is 6.03 Å². The fourth-order valence-electron chi connectivity index (χ4n) is 10.1. The van der Waals surface area contributed by atoms with Crippen molar-refractivity contribution in [2.24, 2.45) is 44.1 Å². The molecule has 0 aromatic carbocycles. The second-order valence-corrected chi connectivity index (χ2v) is 20.4. The number of hydrogen-bond donors (Lipinski definition) is 4. The van der Waals surface area contributed by atoms with Gasteiger partial charge in [0.05, 0.1) is 12.1 Å². The second-order valence-electron chi connectivity index (χ2n) is 20.4. The van der Waals surface area contributed by atoms with E-state index in [4.69, 9.17) is 5.73 Å². The molecule has 2 aliphatic heterocycles. The van der Waals surface area contributed by atoms with Gasteiger partial charge in [-0.1, -0.05) is 94.9 Å². The van der Waals surface area contributed by atoms with Crippen LogP contribution in [0.25, 0.3) is 0 Å². The predicted molar refractivity (Wildman–Crippen MR) is 198 cm³/mol. The number of likely N-dealkylation sites (tertiary alicyclic amines) is 2. The summed E-state index contributed by atoms with van der Waals surface area (Å²) in [6.07, 6.45) is 8.21. The van der Waals surface area contributed by atoms with E-state index >= 15 is 0 Å². The average Bonchev–Trinajstić information content (AvgIpc) is 3.19. The molecule has 0 bridgehead atoms. The molecule has 2 saturated heterocycles. The highest BCUT2D eigenvalue weighted by molar-refractivity contribution is 6.37. The Morgan fingerprint density at radius 1 is 0.865 bits per heavy atom. The second kappa shape index (κ2) is 13.6. The van der Waals surface area contributed by atoms with Gasteiger partial charge in [-0.25, -0.2) is 4.79 Å². The van der Waals surface area contributed by atoms with Crippen LogP contribution in [0.1, 0.15) is 133 Å². The number of amides is 6. The average molecular weight is 727 g/mol. The van der Waals surface area contributed by atoms with Crippen molar-refractivity contribution in [2.45, 2.75) is 158 Å². The van der Waals surface area contributed by atoms with Gasteiger partial charge < -0.3 is 31.5 Å². The van der Waals surface area contributed by atoms with Crippen molar-refractivity contribution in [2.75, 3.05) is 19.6 Å². The topological polar surface area (TPSA) is 171 Å². The van der Waals surface area contributed by atoms with E-state index in [9.17, 15) is 28.8 Å². The van der Waals surface area contributed by atoms with E-state index in [-0.39, 0.29) is 50.8 Å². The van der Waals surface area contributed by atoms with Crippen LogP contribution in [0.5, 0.6) is 0 Å². The SMILES string of the molecule is CC1(C)CCN(C[C@H](NC(=O)N[C@H](C(=O)N2C[C@@]3(C[C@H]2C(=O)NC(CC2CCC2)C(=O)C(N)=O)C(C)(C)C32CCC2)C(C)(C)C)C(C)(C)C)C(=O)C1. The molecule has 6 amide bonds. The largest absolute Gasteiger partial charge is 0.363 e. The molecule has 3 saturated carbocycles. The number of hydrogen-bond acceptors (Lipinski definition) is 6. The molecule has 292 valence electrons. The zero-order chi connectivity index (χ0) is 38.8. The lowest BCUT2D eigenvalue weighted by molar-refractivity contribution is -0.143. The molecular formula is C40H66N6O6. The number of primary amides is 1. The number of nitrogens with zero attached hydrogens (tertiary/aromatic N) is 2. The molecule has 52 heavy (non-hydrogen) atoms. The van der Waals surface area contributed by atoms with Crippen molar-refractivity contribution in [3.63, 3.8) is 0 Å². The third kappa shape index (κ3) is 7.20. The molecule has 5 aliphatic rings. The van der Waals surface area contributed by atoms with E-state index in [2.05, 4.69) is 43.6 Å². The van der Waals surface area contributed by atoms with Crippen LogP contribution in [-0.4, -0.2) is 89.0 Å². The number of carbonyl (C=O) groups excluding carboxylic acids is 6. The van der Waals surface area contributed by atoms with E-state index in [1.165, 1.54) is 0 Å². The van der Waals surface area contributed by atoms with E-state index in [1.54, 1.807) is 4.90 Å². The summed E-state index contributed by atoms with van der Waals surface area (Å²) < 4.78 is 0. The predicted octanol–water partition coefficient (Wildman–Crippen LogP) is 4.29. The van der Waals surface area contributed by atoms with Crippen LogP contribution in [0.15, 0.2) is 0 Å². The Morgan fingerprint density at radius 2 is 1.50 bits per heavy atom. The molecule has 1 unspecified atom stereocenters. The number of carbonyl (C=O) groups is 6. The lowest BCUT2D eigenvalue weighted by Gasteiger charge is -2.41. The fourth-order valence-corrected chi connectivity index (χ4v) is 10.1. The van der Waals surface area contributed by atoms with Gasteiger partial charge in [-0.15, -0.1) is 0 Å². The first-order chi connectivity index (χ1) is 23.9. The van der Waals surface area contributed by atoms with Crippen LogP contribution in [0.2, 0.25) is 0 Å². The van der Waals surface area contributed by atoms with Gasteiger partial charge in [-0.3, -0.25) is 24.0 Å². The van der Waals surface area contributed by atoms with Gasteiger partial charge in [0.25, 0.3) is 5.91 Å². The summed E-state index contributed by atoms with van der Waals surface area (Å²) in [5.41, 5.74) is 3.92. The summed E-state index contributed by atoms with van der Waals surface area (Å²) in [7, 11) is 0. The summed E-state index contributed by atoms with van der Waals surface area (Å²) >= 11 is 0. The number of urea groups is 1. The smallest absolute Gasteiger partial charge is 0.315 e. The highest BCUT2D eigenvalue weighted by atomic mass is 16.2. The Bertz CT molecular complexity index is 1470. The fraction of sp³-hybridized carbons (Fsp3) is 0.850. The van der Waals surface area contributed by atoms with Gasteiger partial charge in [0, 0.05) is 31.5 Å². The van der Waals surface area contributed by atoms with Crippen LogP contribution in [0.4, 0.5) is 4.79 Å². The van der Waals surface area contributed by atoms with Crippen LogP contribution in [0, 0.1) is 38.4 Å². The summed E-state index contributed by atoms with van der Waals surface area (Å²) in [5, 5.41) is 8.98. The molecule has 0 radical (unpaired) electrons. The Hall–Kier alpha value is -3.18. The number of rotatable bonds is 11. The van der Waals surface area contributed by atoms with E-state index < -0.39 is 47.2 Å². The van der Waals surface area contributed by atoms with Crippen molar-refractivity contribution >= 4 is 35.4 Å². The Labute approximate surface area is 310 Å². The van der Waals surface area contributed by atoms with Crippen LogP contribution < -0.4 is 21.7 Å². The number of Topliss-reactive ketones (excluding diaryl/α,β-unsaturated/α-hetero) is 1. The van der Waals surface area contributed by atoms with Crippen LogP contribution >= 0.6 is 0 Å². The van der Waals surface area contributed by atoms with Gasteiger partial charge in [-0.2, -0.15) is 0 Å². The minimum atomic E-state index is -1.08. The van der Waals surface area contributed by atoms with Crippen molar-refractivity contribution in [1.82, 2.24) is 25.8 Å². The summed E-state index contributed by atoms with van der Waals surface area (Å²) in [4.78, 5) is 84.5. The molecule has 12 heteroatoms. The van der Waals surface area contributed by atoms with Gasteiger partial charge in [0.15, 0.2) is 0 Å². The molecule has 5 atom stereocenters. The van der Waals surface area contributed by atoms with Crippen molar-refractivity contribution in [3.05, 3.63) is 0 Å². The number of piperidine rings is 1. The molecule has 0 aromatic rings. The minimum Gasteiger partial charge on any atom is -0.363 e. The standard InChI is InChI=1S/C40H66N6O6/c1-35(2,3)27(22-45-18-17-37(7,8)21-28(45)47)43-34(52)44-30(36(4,5)6)33(51)46-23-40(38(9,10)39(40)15-12-16-39)20-26(46)32(50)42-25(29(48)31(41)49)19-24-13-11-14-24/h24-27,30H,11-23H2,1-10H3,(H2,41,49)(H,42,50)(H2,43,44,52)/t25?,26-,27-,30+,40-/m0/s1. The monoisotopic (exact) mass is 727 g/mol. The van der Waals surface area contributed by atoms with Crippen LogP contribution in [0.3, 0.4) is 0 Å². The lowest BCUT2D eigenvalue weighted by Crippen LogP contribution is -2.62. The highest BCUT2D eigenvalue weighted by Gasteiger charge is 2.85. The highest BCUT2D eigenvalue weighted by Crippen LogP contribution is 2.88. The van der Waals surface area contributed by atoms with Crippen molar-refractivity contribution in [1.29, 1.82) is 0 Å². The molecule has 0 aromatic heterocycles. The zero-order valence-electron chi connectivity index (χ0n) is 33.5. The quantitative estimate of drug-likeness (QED) is 0.232. The number of nitrogens with two attached hydrogens (primary N) is 1. The van der Waals surface area contributed by atoms with E-state index in [1.807, 2.05) is 46.4 Å². The first-order valence-corrected chi connectivity index (χ1v) is 19.7. The first kappa shape index (κ1) is 40.0. The molecular weight excluding hydrogens is 660 g/mol. The van der Waals surface area contributed by atoms with Crippen LogP contribution in [-0.2, 0) is 24.0 Å². The molecule has 5 N–H and O–H groups in total. The molecule has 2 spiro atoms. The third-order valence-electron chi connectivity index (χ3n) is 14.3. The maximum absolute atomic E-state index is 14.9. The zero-order valence-corrected chi connectivity index (χ0v) is 33.5. The van der Waals surface area contributed by atoms with Gasteiger partial charge in [0.2, 0.25) is 23.5 Å². The summed E-state index contributed by atoms with van der Waals surface area (Å²) in [6.45, 7) is 21.7. The molecule has 2 heterocycles. The van der Waals surface area contributed by atoms with Gasteiger partial charge in [-0.05, 0) is 65.1 Å².